The van der Waals surface area contributed by atoms with Gasteiger partial charge in [0.05, 0.1) is 11.9 Å². The lowest BCUT2D eigenvalue weighted by atomic mass is 10.1. The fourth-order valence-corrected chi connectivity index (χ4v) is 6.44. The molecule has 0 radical (unpaired) electrons. The normalized spacial score (nSPS) is 15.9. The van der Waals surface area contributed by atoms with Gasteiger partial charge in [0.1, 0.15) is 19.3 Å². The zero-order valence-electron chi connectivity index (χ0n) is 23.1. The predicted octanol–water partition coefficient (Wildman–Crippen LogP) is 4.52. The molecule has 2 aromatic rings. The molecule has 0 spiro atoms. The summed E-state index contributed by atoms with van der Waals surface area (Å²) in [5.74, 6) is 0.654. The molecule has 4 rings (SSSR count). The van der Waals surface area contributed by atoms with Crippen molar-refractivity contribution in [1.29, 1.82) is 0 Å². The van der Waals surface area contributed by atoms with Crippen LogP contribution in [-0.4, -0.2) is 63.2 Å². The highest BCUT2D eigenvalue weighted by Crippen LogP contribution is 2.35. The first kappa shape index (κ1) is 30.0. The van der Waals surface area contributed by atoms with E-state index in [1.54, 1.807) is 29.2 Å². The highest BCUT2D eigenvalue weighted by atomic mass is 35.5. The number of amides is 2. The summed E-state index contributed by atoms with van der Waals surface area (Å²) < 4.78 is 37.8. The van der Waals surface area contributed by atoms with E-state index in [1.807, 2.05) is 25.1 Å². The maximum Gasteiger partial charge on any atom is 0.243 e. The van der Waals surface area contributed by atoms with Crippen molar-refractivity contribution in [2.45, 2.75) is 70.5 Å². The molecule has 1 aliphatic heterocycles. The second kappa shape index (κ2) is 13.6. The van der Waals surface area contributed by atoms with Crippen molar-refractivity contribution in [3.05, 3.63) is 53.1 Å². The third-order valence-corrected chi connectivity index (χ3v) is 8.91. The summed E-state index contributed by atoms with van der Waals surface area (Å²) in [6, 6.07) is 11.7. The molecule has 1 atom stereocenters. The molecule has 1 heterocycles. The largest absolute Gasteiger partial charge is 0.486 e. The highest BCUT2D eigenvalue weighted by molar-refractivity contribution is 7.92. The lowest BCUT2D eigenvalue weighted by Crippen LogP contribution is -2.51. The first-order valence-electron chi connectivity index (χ1n) is 13.9. The smallest absolute Gasteiger partial charge is 0.243 e. The van der Waals surface area contributed by atoms with E-state index in [-0.39, 0.29) is 43.8 Å². The Morgan fingerprint density at radius 3 is 2.45 bits per heavy atom. The molecule has 11 heteroatoms. The summed E-state index contributed by atoms with van der Waals surface area (Å²) in [4.78, 5) is 28.6. The van der Waals surface area contributed by atoms with Gasteiger partial charge >= 0.3 is 0 Å². The number of benzene rings is 2. The number of fused-ring (bicyclic) bond motifs is 1. The molecule has 218 valence electrons. The predicted molar refractivity (Wildman–Crippen MR) is 155 cm³/mol. The van der Waals surface area contributed by atoms with E-state index in [0.29, 0.717) is 41.8 Å². The molecule has 0 bridgehead atoms. The highest BCUT2D eigenvalue weighted by Gasteiger charge is 2.31. The Morgan fingerprint density at radius 2 is 1.77 bits per heavy atom. The lowest BCUT2D eigenvalue weighted by molar-refractivity contribution is -0.141. The minimum Gasteiger partial charge on any atom is -0.486 e. The summed E-state index contributed by atoms with van der Waals surface area (Å²) in [6.45, 7) is 2.99. The molecule has 9 nitrogen and oxygen atoms in total. The van der Waals surface area contributed by atoms with E-state index in [1.165, 1.54) is 4.31 Å². The quantitative estimate of drug-likeness (QED) is 0.389. The number of hydrogen-bond donors (Lipinski definition) is 1. The van der Waals surface area contributed by atoms with E-state index in [2.05, 4.69) is 5.32 Å². The molecule has 40 heavy (non-hydrogen) atoms. The monoisotopic (exact) mass is 591 g/mol. The van der Waals surface area contributed by atoms with Crippen LogP contribution in [0.1, 0.15) is 57.4 Å². The van der Waals surface area contributed by atoms with E-state index >= 15 is 0 Å². The Labute approximate surface area is 241 Å². The van der Waals surface area contributed by atoms with Crippen molar-refractivity contribution in [3.63, 3.8) is 0 Å². The van der Waals surface area contributed by atoms with Crippen molar-refractivity contribution in [1.82, 2.24) is 10.2 Å². The zero-order valence-corrected chi connectivity index (χ0v) is 24.7. The van der Waals surface area contributed by atoms with Gasteiger partial charge in [-0.2, -0.15) is 0 Å². The van der Waals surface area contributed by atoms with Gasteiger partial charge in [-0.25, -0.2) is 8.42 Å². The molecular weight excluding hydrogens is 554 g/mol. The van der Waals surface area contributed by atoms with Gasteiger partial charge in [-0.3, -0.25) is 13.9 Å². The molecule has 0 aromatic heterocycles. The third-order valence-electron chi connectivity index (χ3n) is 7.35. The van der Waals surface area contributed by atoms with Crippen LogP contribution < -0.4 is 19.1 Å². The number of hydrogen-bond acceptors (Lipinski definition) is 6. The molecular formula is C29H38ClN3O6S. The zero-order chi connectivity index (χ0) is 28.7. The maximum atomic E-state index is 13.7. The Balaban J connectivity index is 1.49. The standard InChI is InChI=1S/C29H38ClN3O6S/c1-3-25(29(35)31-22-10-5-6-11-22)32(20-21-9-4-7-12-24(21)30)28(34)13-8-16-33(40(2,36)37)23-14-15-26-27(19-23)39-18-17-38-26/h4,7,9,12,14-15,19,22,25H,3,5-6,8,10-11,13,16-18,20H2,1-2H3,(H,31,35)/t25-/m1/s1. The van der Waals surface area contributed by atoms with Crippen molar-refractivity contribution >= 4 is 39.1 Å². The van der Waals surface area contributed by atoms with Crippen LogP contribution in [-0.2, 0) is 26.2 Å². The van der Waals surface area contributed by atoms with Gasteiger partial charge in [-0.15, -0.1) is 0 Å². The molecule has 1 aliphatic carbocycles. The van der Waals surface area contributed by atoms with Crippen molar-refractivity contribution in [2.24, 2.45) is 0 Å². The number of sulfonamides is 1. The molecule has 1 saturated carbocycles. The summed E-state index contributed by atoms with van der Waals surface area (Å²) in [5, 5.41) is 3.65. The first-order chi connectivity index (χ1) is 19.2. The lowest BCUT2D eigenvalue weighted by Gasteiger charge is -2.32. The number of nitrogens with zero attached hydrogens (tertiary/aromatic N) is 2. The molecule has 2 amide bonds. The Morgan fingerprint density at radius 1 is 1.07 bits per heavy atom. The number of carbonyl (C=O) groups is 2. The van der Waals surface area contributed by atoms with Crippen molar-refractivity contribution in [3.8, 4) is 11.5 Å². The molecule has 0 saturated heterocycles. The fraction of sp³-hybridized carbons (Fsp3) is 0.517. The van der Waals surface area contributed by atoms with Gasteiger partial charge in [0.25, 0.3) is 0 Å². The van der Waals surface area contributed by atoms with Gasteiger partial charge in [0.2, 0.25) is 21.8 Å². The topological polar surface area (TPSA) is 105 Å². The van der Waals surface area contributed by atoms with Crippen LogP contribution in [0.5, 0.6) is 11.5 Å². The molecule has 1 fully saturated rings. The average Bonchev–Trinajstić information content (AvgIpc) is 3.44. The molecule has 2 aromatic carbocycles. The van der Waals surface area contributed by atoms with Gasteiger partial charge in [-0.1, -0.05) is 49.6 Å². The maximum absolute atomic E-state index is 13.7. The Bertz CT molecular complexity index is 1300. The summed E-state index contributed by atoms with van der Waals surface area (Å²) >= 11 is 6.42. The number of anilines is 1. The van der Waals surface area contributed by atoms with E-state index in [4.69, 9.17) is 21.1 Å². The summed E-state index contributed by atoms with van der Waals surface area (Å²) in [7, 11) is -3.63. The van der Waals surface area contributed by atoms with Crippen molar-refractivity contribution in [2.75, 3.05) is 30.3 Å². The SMILES string of the molecule is CC[C@H](C(=O)NC1CCCC1)N(Cc1ccccc1Cl)C(=O)CCCN(c1ccc2c(c1)OCCO2)S(C)(=O)=O. The van der Waals surface area contributed by atoms with Gasteiger partial charge < -0.3 is 19.7 Å². The minimum atomic E-state index is -3.63. The number of nitrogens with one attached hydrogen (secondary N) is 1. The van der Waals surface area contributed by atoms with Crippen LogP contribution in [0.15, 0.2) is 42.5 Å². The number of ether oxygens (including phenoxy) is 2. The molecule has 1 N–H and O–H groups in total. The van der Waals surface area contributed by atoms with Crippen molar-refractivity contribution < 1.29 is 27.5 Å². The first-order valence-corrected chi connectivity index (χ1v) is 16.1. The van der Waals surface area contributed by atoms with Crippen LogP contribution in [0.25, 0.3) is 0 Å². The van der Waals surface area contributed by atoms with Crippen LogP contribution in [0.3, 0.4) is 0 Å². The van der Waals surface area contributed by atoms with Gasteiger partial charge in [0, 0.05) is 36.6 Å². The second-order valence-corrected chi connectivity index (χ2v) is 12.6. The van der Waals surface area contributed by atoms with Crippen LogP contribution in [0.2, 0.25) is 5.02 Å². The van der Waals surface area contributed by atoms with Crippen LogP contribution in [0, 0.1) is 0 Å². The fourth-order valence-electron chi connectivity index (χ4n) is 5.29. The number of halogens is 1. The average molecular weight is 592 g/mol. The van der Waals surface area contributed by atoms with Gasteiger partial charge in [0.15, 0.2) is 11.5 Å². The van der Waals surface area contributed by atoms with Crippen LogP contribution >= 0.6 is 11.6 Å². The minimum absolute atomic E-state index is 0.0637. The Kier molecular flexibility index (Phi) is 10.2. The van der Waals surface area contributed by atoms with E-state index in [9.17, 15) is 18.0 Å². The second-order valence-electron chi connectivity index (χ2n) is 10.3. The van der Waals surface area contributed by atoms with E-state index < -0.39 is 16.1 Å². The summed E-state index contributed by atoms with van der Waals surface area (Å²) in [5.41, 5.74) is 1.19. The Hall–Kier alpha value is -2.98. The number of rotatable bonds is 12. The third kappa shape index (κ3) is 7.60. The summed E-state index contributed by atoms with van der Waals surface area (Å²) in [6.07, 6.45) is 5.98. The van der Waals surface area contributed by atoms with Gasteiger partial charge in [-0.05, 0) is 49.4 Å². The van der Waals surface area contributed by atoms with Crippen LogP contribution in [0.4, 0.5) is 5.69 Å². The molecule has 2 aliphatic rings. The van der Waals surface area contributed by atoms with E-state index in [0.717, 1.165) is 37.5 Å². The molecule has 0 unspecified atom stereocenters. The number of carbonyl (C=O) groups excluding carboxylic acids is 2.